The SMILES string of the molecule is CC1(C)OB(c2nc(N)c3cc[nH]c3n2)OC1(C)C. The Balaban J connectivity index is 2.02. The second kappa shape index (κ2) is 3.71. The standard InChI is InChI=1S/C12H17BN4O2/c1-11(2)12(3,4)19-13(18-11)10-16-8(14)7-5-6-15-9(7)17-10/h5-6H,1-4H3,(H3,14,15,16,17). The van der Waals surface area contributed by atoms with Gasteiger partial charge in [-0.15, -0.1) is 0 Å². The highest BCUT2D eigenvalue weighted by molar-refractivity contribution is 6.60. The average Bonchev–Trinajstić information content (AvgIpc) is 2.82. The lowest BCUT2D eigenvalue weighted by Gasteiger charge is -2.32. The van der Waals surface area contributed by atoms with E-state index in [9.17, 15) is 0 Å². The molecule has 2 aromatic heterocycles. The van der Waals surface area contributed by atoms with Crippen molar-refractivity contribution in [2.45, 2.75) is 38.9 Å². The molecule has 1 fully saturated rings. The maximum Gasteiger partial charge on any atom is 0.534 e. The summed E-state index contributed by atoms with van der Waals surface area (Å²) < 4.78 is 11.8. The maximum absolute atomic E-state index is 5.92. The molecule has 0 saturated carbocycles. The van der Waals surface area contributed by atoms with E-state index in [0.717, 1.165) is 5.39 Å². The van der Waals surface area contributed by atoms with Crippen LogP contribution in [0.3, 0.4) is 0 Å². The topological polar surface area (TPSA) is 86.0 Å². The van der Waals surface area contributed by atoms with Crippen LogP contribution in [0.15, 0.2) is 12.3 Å². The van der Waals surface area contributed by atoms with E-state index in [2.05, 4.69) is 15.0 Å². The normalized spacial score (nSPS) is 21.2. The third-order valence-corrected chi connectivity index (χ3v) is 3.93. The number of hydrogen-bond acceptors (Lipinski definition) is 5. The first-order chi connectivity index (χ1) is 8.80. The van der Waals surface area contributed by atoms with Crippen LogP contribution in [-0.2, 0) is 9.31 Å². The number of nitrogens with zero attached hydrogens (tertiary/aromatic N) is 2. The van der Waals surface area contributed by atoms with Crippen molar-refractivity contribution in [1.29, 1.82) is 0 Å². The molecular formula is C12H17BN4O2. The molecule has 0 bridgehead atoms. The van der Waals surface area contributed by atoms with Crippen molar-refractivity contribution in [2.75, 3.05) is 5.73 Å². The molecule has 100 valence electrons. The highest BCUT2D eigenvalue weighted by Crippen LogP contribution is 2.36. The van der Waals surface area contributed by atoms with Gasteiger partial charge < -0.3 is 20.0 Å². The number of H-pyrrole nitrogens is 1. The monoisotopic (exact) mass is 260 g/mol. The van der Waals surface area contributed by atoms with Crippen molar-refractivity contribution in [1.82, 2.24) is 15.0 Å². The van der Waals surface area contributed by atoms with E-state index in [1.54, 1.807) is 6.20 Å². The largest absolute Gasteiger partial charge is 0.534 e. The minimum absolute atomic E-state index is 0.416. The highest BCUT2D eigenvalue weighted by atomic mass is 16.7. The molecule has 1 aliphatic rings. The summed E-state index contributed by atoms with van der Waals surface area (Å²) in [6.45, 7) is 7.96. The molecule has 0 atom stereocenters. The number of nitrogens with one attached hydrogen (secondary N) is 1. The number of rotatable bonds is 1. The summed E-state index contributed by atoms with van der Waals surface area (Å²) >= 11 is 0. The predicted octanol–water partition coefficient (Wildman–Crippen LogP) is 0.839. The molecule has 7 heteroatoms. The molecular weight excluding hydrogens is 243 g/mol. The lowest BCUT2D eigenvalue weighted by molar-refractivity contribution is 0.00578. The van der Waals surface area contributed by atoms with Crippen LogP contribution >= 0.6 is 0 Å². The van der Waals surface area contributed by atoms with E-state index in [0.29, 0.717) is 17.2 Å². The van der Waals surface area contributed by atoms with Crippen molar-refractivity contribution >= 4 is 29.7 Å². The van der Waals surface area contributed by atoms with Gasteiger partial charge in [-0.2, -0.15) is 0 Å². The van der Waals surface area contributed by atoms with E-state index in [-0.39, 0.29) is 0 Å². The highest BCUT2D eigenvalue weighted by Gasteiger charge is 2.53. The van der Waals surface area contributed by atoms with Gasteiger partial charge in [0.1, 0.15) is 11.5 Å². The first kappa shape index (κ1) is 12.4. The predicted molar refractivity (Wildman–Crippen MR) is 74.0 cm³/mol. The van der Waals surface area contributed by atoms with E-state index >= 15 is 0 Å². The van der Waals surface area contributed by atoms with Crippen LogP contribution in [0.5, 0.6) is 0 Å². The van der Waals surface area contributed by atoms with Gasteiger partial charge in [0.15, 0.2) is 5.72 Å². The Morgan fingerprint density at radius 2 is 1.79 bits per heavy atom. The fourth-order valence-corrected chi connectivity index (χ4v) is 2.04. The first-order valence-electron chi connectivity index (χ1n) is 6.26. The minimum Gasteiger partial charge on any atom is -0.397 e. The van der Waals surface area contributed by atoms with Crippen molar-refractivity contribution < 1.29 is 9.31 Å². The van der Waals surface area contributed by atoms with Crippen LogP contribution in [0.2, 0.25) is 0 Å². The summed E-state index contributed by atoms with van der Waals surface area (Å²) in [7, 11) is -0.597. The molecule has 6 nitrogen and oxygen atoms in total. The number of aromatic amines is 1. The molecule has 3 heterocycles. The van der Waals surface area contributed by atoms with Crippen molar-refractivity contribution in [3.8, 4) is 0 Å². The van der Waals surface area contributed by atoms with Crippen LogP contribution in [0.4, 0.5) is 5.82 Å². The van der Waals surface area contributed by atoms with Crippen molar-refractivity contribution in [3.63, 3.8) is 0 Å². The Hall–Kier alpha value is -1.60. The molecule has 1 aliphatic heterocycles. The summed E-state index contributed by atoms with van der Waals surface area (Å²) in [6.07, 6.45) is 1.78. The third kappa shape index (κ3) is 1.81. The quantitative estimate of drug-likeness (QED) is 0.742. The van der Waals surface area contributed by atoms with Gasteiger partial charge in [0.05, 0.1) is 16.6 Å². The van der Waals surface area contributed by atoms with Gasteiger partial charge in [-0.3, -0.25) is 0 Å². The molecule has 0 unspecified atom stereocenters. The minimum atomic E-state index is -0.597. The lowest BCUT2D eigenvalue weighted by atomic mass is 9.89. The zero-order valence-corrected chi connectivity index (χ0v) is 11.5. The maximum atomic E-state index is 5.92. The molecule has 3 rings (SSSR count). The third-order valence-electron chi connectivity index (χ3n) is 3.93. The summed E-state index contributed by atoms with van der Waals surface area (Å²) in [6, 6.07) is 1.85. The summed E-state index contributed by atoms with van der Waals surface area (Å²) in [4.78, 5) is 11.7. The Morgan fingerprint density at radius 1 is 1.16 bits per heavy atom. The zero-order valence-electron chi connectivity index (χ0n) is 11.5. The number of anilines is 1. The van der Waals surface area contributed by atoms with Gasteiger partial charge in [-0.05, 0) is 33.8 Å². The van der Waals surface area contributed by atoms with E-state index in [4.69, 9.17) is 15.0 Å². The molecule has 19 heavy (non-hydrogen) atoms. The van der Waals surface area contributed by atoms with Crippen LogP contribution in [0, 0.1) is 0 Å². The van der Waals surface area contributed by atoms with Gasteiger partial charge in [0.25, 0.3) is 0 Å². The van der Waals surface area contributed by atoms with E-state index in [1.807, 2.05) is 33.8 Å². The van der Waals surface area contributed by atoms with Crippen LogP contribution in [-0.4, -0.2) is 33.3 Å². The summed E-state index contributed by atoms with van der Waals surface area (Å²) in [5, 5.41) is 0.806. The number of nitrogen functional groups attached to an aromatic ring is 1. The number of fused-ring (bicyclic) bond motifs is 1. The second-order valence-corrected chi connectivity index (χ2v) is 5.80. The number of hydrogen-bond donors (Lipinski definition) is 2. The Morgan fingerprint density at radius 3 is 2.42 bits per heavy atom. The summed E-state index contributed by atoms with van der Waals surface area (Å²) in [5.74, 6) is 0.427. The van der Waals surface area contributed by atoms with Gasteiger partial charge in [-0.1, -0.05) is 0 Å². The second-order valence-electron chi connectivity index (χ2n) is 5.80. The number of aromatic nitrogens is 3. The Labute approximate surface area is 111 Å². The Kier molecular flexibility index (Phi) is 2.43. The van der Waals surface area contributed by atoms with Crippen LogP contribution in [0.1, 0.15) is 27.7 Å². The first-order valence-corrected chi connectivity index (χ1v) is 6.26. The molecule has 1 saturated heterocycles. The fraction of sp³-hybridized carbons (Fsp3) is 0.500. The van der Waals surface area contributed by atoms with E-state index in [1.165, 1.54) is 0 Å². The zero-order chi connectivity index (χ0) is 13.8. The van der Waals surface area contributed by atoms with Crippen molar-refractivity contribution in [3.05, 3.63) is 12.3 Å². The molecule has 0 aliphatic carbocycles. The smallest absolute Gasteiger partial charge is 0.397 e. The Bertz CT molecular complexity index is 622. The molecule has 0 radical (unpaired) electrons. The van der Waals surface area contributed by atoms with Gasteiger partial charge in [0.2, 0.25) is 0 Å². The van der Waals surface area contributed by atoms with Crippen LogP contribution < -0.4 is 11.5 Å². The molecule has 0 aromatic carbocycles. The van der Waals surface area contributed by atoms with Gasteiger partial charge >= 0.3 is 7.12 Å². The van der Waals surface area contributed by atoms with Crippen molar-refractivity contribution in [2.24, 2.45) is 0 Å². The van der Waals surface area contributed by atoms with Gasteiger partial charge in [0, 0.05) is 6.20 Å². The number of nitrogens with two attached hydrogens (primary N) is 1. The fourth-order valence-electron chi connectivity index (χ4n) is 2.04. The average molecular weight is 260 g/mol. The molecule has 0 amide bonds. The van der Waals surface area contributed by atoms with Gasteiger partial charge in [-0.25, -0.2) is 9.97 Å². The molecule has 0 spiro atoms. The lowest BCUT2D eigenvalue weighted by Crippen LogP contribution is -2.41. The van der Waals surface area contributed by atoms with Crippen LogP contribution in [0.25, 0.3) is 11.0 Å². The van der Waals surface area contributed by atoms with E-state index < -0.39 is 18.3 Å². The molecule has 2 aromatic rings. The summed E-state index contributed by atoms with van der Waals surface area (Å²) in [5.41, 5.74) is 6.23. The molecule has 3 N–H and O–H groups in total.